The van der Waals surface area contributed by atoms with Gasteiger partial charge in [0, 0.05) is 190 Å². The van der Waals surface area contributed by atoms with Crippen molar-refractivity contribution in [1.29, 1.82) is 0 Å². The number of sulfonamides is 1. The quantitative estimate of drug-likeness (QED) is 0.0302. The summed E-state index contributed by atoms with van der Waals surface area (Å²) in [5.74, 6) is 3.56. The van der Waals surface area contributed by atoms with Crippen molar-refractivity contribution in [2.24, 2.45) is 0 Å². The number of amides is 2. The number of piperazine rings is 3. The Kier molecular flexibility index (Phi) is 33.0. The van der Waals surface area contributed by atoms with Crippen LogP contribution in [-0.4, -0.2) is 320 Å². The molecular weight excluding hydrogens is 2040 g/mol. The highest BCUT2D eigenvalue weighted by Crippen LogP contribution is 2.41. The van der Waals surface area contributed by atoms with Crippen molar-refractivity contribution in [3.05, 3.63) is 135 Å². The molecule has 8 fully saturated rings. The zero-order chi connectivity index (χ0) is 98.5. The van der Waals surface area contributed by atoms with E-state index in [1.54, 1.807) is 71.8 Å². The lowest BCUT2D eigenvalue weighted by molar-refractivity contribution is 0.0230. The van der Waals surface area contributed by atoms with E-state index in [4.69, 9.17) is 44.9 Å². The Bertz CT molecular complexity index is 6670. The van der Waals surface area contributed by atoms with Crippen molar-refractivity contribution >= 4 is 217 Å². The van der Waals surface area contributed by atoms with Crippen LogP contribution < -0.4 is 44.3 Å². The summed E-state index contributed by atoms with van der Waals surface area (Å²) in [5.41, 5.74) is 7.58. The molecule has 0 radical (unpaired) electrons. The maximum atomic E-state index is 13.9. The number of benzene rings is 1. The zero-order valence-electron chi connectivity index (χ0n) is 78.5. The molecule has 22 rings (SSSR count). The number of aromatic nitrogens is 20. The minimum absolute atomic E-state index is 0.158. The Morgan fingerprint density at radius 2 is 0.864 bits per heavy atom. The van der Waals surface area contributed by atoms with Gasteiger partial charge in [0.1, 0.15) is 146 Å². The number of anilines is 8. The predicted molar refractivity (Wildman–Crippen MR) is 549 cm³/mol. The first-order chi connectivity index (χ1) is 67.4. The Morgan fingerprint density at radius 1 is 0.464 bits per heavy atom. The van der Waals surface area contributed by atoms with E-state index in [0.717, 1.165) is 183 Å². The summed E-state index contributed by atoms with van der Waals surface area (Å²) in [6.45, 7) is 28.1. The summed E-state index contributed by atoms with van der Waals surface area (Å²) < 4.78 is 93.8. The molecule has 0 unspecified atom stereocenters. The molecule has 49 heteroatoms. The van der Waals surface area contributed by atoms with Gasteiger partial charge in [-0.3, -0.25) is 4.72 Å². The number of nitrogens with one attached hydrogen (secondary N) is 8. The van der Waals surface area contributed by atoms with Crippen molar-refractivity contribution in [2.45, 2.75) is 147 Å². The molecule has 0 spiro atoms. The molecule has 0 aliphatic carbocycles. The number of alkyl halides is 4. The lowest BCUT2D eigenvalue weighted by Crippen LogP contribution is -2.50. The van der Waals surface area contributed by atoms with Gasteiger partial charge < -0.3 is 93.7 Å². The third-order valence-corrected chi connectivity index (χ3v) is 29.1. The SMILES string of the molecule is CC(C)(C)OC(=O)N1CCN(c2ncnc3[nH]cc(Br)c23)CC1.CC(C)(C)OC(=O)N1CCN(c2ncnc3[nH]cc(N4CC[C@H](F)C4)c23)CC1.CCc1nnc(NS(=O)(=O)c2ccc(CC(=S)N3CCN(c4ncnc5[nH]cc(N6CC[C@H](F)C6)c45)CC3)cc2)s1.Clc1ncnc2[nH]cc(Br)c12.Clc1ncnc2[nH]ccc12.F[C@H]1CCN(c2c[nH]c3ncnc(N4CCCCC4)c23)C1.F[C@H]1CCNC1. The average Bonchev–Trinajstić information content (AvgIpc) is 1.62. The molecule has 140 heavy (non-hydrogen) atoms. The highest BCUT2D eigenvalue weighted by Gasteiger charge is 2.35. The molecule has 38 nitrogen and oxygen atoms in total. The third kappa shape index (κ3) is 25.1. The van der Waals surface area contributed by atoms with Crippen LogP contribution in [0.3, 0.4) is 0 Å². The molecule has 8 aliphatic rings. The molecule has 21 heterocycles. The summed E-state index contributed by atoms with van der Waals surface area (Å²) in [4.78, 5) is 116. The van der Waals surface area contributed by atoms with Crippen LogP contribution in [0, 0.1) is 0 Å². The van der Waals surface area contributed by atoms with Crippen LogP contribution in [0.25, 0.3) is 66.2 Å². The minimum atomic E-state index is -3.75. The number of aromatic amines is 6. The van der Waals surface area contributed by atoms with Gasteiger partial charge in [-0.15, -0.1) is 10.2 Å². The van der Waals surface area contributed by atoms with Crippen molar-refractivity contribution in [3.8, 4) is 0 Å². The number of fused-ring (bicyclic) bond motifs is 6. The Morgan fingerprint density at radius 3 is 1.26 bits per heavy atom. The van der Waals surface area contributed by atoms with E-state index in [1.807, 2.05) is 84.2 Å². The molecule has 0 saturated carbocycles. The molecule has 1 aromatic carbocycles. The van der Waals surface area contributed by atoms with Crippen molar-refractivity contribution in [3.63, 3.8) is 0 Å². The molecule has 14 aromatic rings. The number of halogens is 8. The fraction of sp³-hybridized carbons (Fsp3) is 0.484. The van der Waals surface area contributed by atoms with Crippen LogP contribution in [0.1, 0.15) is 104 Å². The number of thiocarbonyl (C=S) groups is 1. The van der Waals surface area contributed by atoms with Gasteiger partial charge in [-0.1, -0.05) is 65.8 Å². The molecule has 13 aromatic heterocycles. The first-order valence-corrected chi connectivity index (χ1v) is 51.6. The number of H-pyrrole nitrogens is 6. The van der Waals surface area contributed by atoms with Gasteiger partial charge in [-0.05, 0) is 155 Å². The van der Waals surface area contributed by atoms with E-state index in [2.05, 4.69) is 176 Å². The van der Waals surface area contributed by atoms with Crippen LogP contribution in [0.15, 0.2) is 119 Å². The summed E-state index contributed by atoms with van der Waals surface area (Å²) >= 11 is 25.4. The molecule has 8 saturated heterocycles. The van der Waals surface area contributed by atoms with Gasteiger partial charge in [0.05, 0.1) is 59.3 Å². The number of aryl methyl sites for hydroxylation is 1. The number of hydrogen-bond acceptors (Lipinski definition) is 30. The number of nitrogens with zero attached hydrogens (tertiary/aromatic N) is 24. The van der Waals surface area contributed by atoms with E-state index in [9.17, 15) is 35.6 Å². The van der Waals surface area contributed by atoms with Gasteiger partial charge in [0.2, 0.25) is 5.13 Å². The Balaban J connectivity index is 0.000000126. The number of rotatable bonds is 13. The first-order valence-electron chi connectivity index (χ1n) is 46.6. The van der Waals surface area contributed by atoms with Crippen molar-refractivity contribution in [2.75, 3.05) is 183 Å². The molecule has 8 aliphatic heterocycles. The van der Waals surface area contributed by atoms with Gasteiger partial charge in [0.25, 0.3) is 10.0 Å². The number of ether oxygens (including phenoxy) is 2. The van der Waals surface area contributed by atoms with Crippen molar-refractivity contribution < 1.29 is 45.0 Å². The molecule has 2 amide bonds. The van der Waals surface area contributed by atoms with E-state index < -0.39 is 45.9 Å². The van der Waals surface area contributed by atoms with Crippen LogP contribution in [-0.2, 0) is 32.3 Å². The number of hydrogen-bond donors (Lipinski definition) is 8. The second-order valence-corrected chi connectivity index (χ2v) is 42.1. The highest BCUT2D eigenvalue weighted by molar-refractivity contribution is 9.11. The molecule has 746 valence electrons. The van der Waals surface area contributed by atoms with E-state index in [1.165, 1.54) is 43.3 Å². The number of piperidine rings is 1. The predicted octanol–water partition coefficient (Wildman–Crippen LogP) is 15.6. The highest BCUT2D eigenvalue weighted by atomic mass is 79.9. The standard InChI is InChI=1S/C26H30FN9O2S3.C19H27FN6O2.C15H20BrN5O2.C15H20FN5.C6H3BrClN3.C6H4ClN3.C4H8FN/c1-2-21-31-32-26(40-21)33-41(37,38)19-5-3-17(4-6-19)13-22(39)34-9-11-35(12-10-34)25-23-20(36-8-7-18(27)15-36)14-28-24(23)29-16-30-25;1-19(2,3)28-18(27)25-8-6-24(7-9-25)17-15-14(26-5-4-13(20)11-26)10-21-16(15)22-12-23-17;1-15(2,3)23-14(22)21-6-4-20(5-7-21)13-11-10(16)8-17-12(11)18-9-19-13;16-11-4-7-21(9-11)12-8-17-14-13(12)15(19-10-18-14)20-5-2-1-3-6-20;7-3-1-9-6-4(3)5(8)10-2-11-6;7-5-4-1-2-8-6(4)10-3-9-5;5-4-1-2-6-3-4/h3-6,14,16,18H,2,7-13,15H2,1H3,(H,32,33)(H,28,29,30);10,12-13H,4-9,11H2,1-3H3,(H,21,22,23);8-9H,4-7H2,1-3H3,(H,17,18,19);8,10-11H,1-7,9H2,(H,17,18,19);1-2H,(H,9,10,11);1-3H,(H,8,9,10);4,6H,1-3H2/t18-;13-;;11-;;;4-/m00.0..0/s1. The van der Waals surface area contributed by atoms with Crippen LogP contribution in [0.5, 0.6) is 0 Å². The third-order valence-electron chi connectivity index (χ3n) is 24.4. The normalized spacial score (nSPS) is 18.6. The fourth-order valence-electron chi connectivity index (χ4n) is 17.4. The van der Waals surface area contributed by atoms with E-state index >= 15 is 0 Å². The minimum Gasteiger partial charge on any atom is -0.444 e. The molecule has 0 bridgehead atoms. The van der Waals surface area contributed by atoms with Gasteiger partial charge in [0.15, 0.2) is 0 Å². The fourth-order valence-corrected chi connectivity index (χ4v) is 21.2. The monoisotopic (exact) mass is 2150 g/mol. The largest absolute Gasteiger partial charge is 0.444 e. The lowest BCUT2D eigenvalue weighted by Gasteiger charge is -2.37. The van der Waals surface area contributed by atoms with E-state index in [0.29, 0.717) is 140 Å². The van der Waals surface area contributed by atoms with Crippen LogP contribution in [0.2, 0.25) is 10.3 Å². The summed E-state index contributed by atoms with van der Waals surface area (Å²) in [6, 6.07) is 8.60. The van der Waals surface area contributed by atoms with E-state index in [-0.39, 0.29) is 22.2 Å². The summed E-state index contributed by atoms with van der Waals surface area (Å²) in [5, 5.41) is 18.3. The molecule has 4 atom stereocenters. The topological polar surface area (TPSA) is 418 Å². The lowest BCUT2D eigenvalue weighted by atomic mass is 10.1. The second kappa shape index (κ2) is 45.6. The van der Waals surface area contributed by atoms with Gasteiger partial charge >= 0.3 is 12.2 Å². The number of carbonyl (C=O) groups is 2. The Labute approximate surface area is 841 Å². The number of carbonyl (C=O) groups excluding carboxylic acids is 2. The maximum absolute atomic E-state index is 13.9. The smallest absolute Gasteiger partial charge is 0.410 e. The zero-order valence-corrected chi connectivity index (χ0v) is 85.6. The molecular formula is C91H112Br2Cl2F4N32O6S3. The first kappa shape index (κ1) is 101. The van der Waals surface area contributed by atoms with Crippen LogP contribution >= 0.6 is 78.6 Å². The van der Waals surface area contributed by atoms with Crippen LogP contribution in [0.4, 0.5) is 72.6 Å². The van der Waals surface area contributed by atoms with Crippen molar-refractivity contribution in [1.82, 2.24) is 120 Å². The summed E-state index contributed by atoms with van der Waals surface area (Å²) in [6.07, 6.45) is 24.2. The summed E-state index contributed by atoms with van der Waals surface area (Å²) in [7, 11) is -3.75. The van der Waals surface area contributed by atoms with Gasteiger partial charge in [-0.25, -0.2) is 95.4 Å². The Hall–Kier alpha value is -11.5. The van der Waals surface area contributed by atoms with Gasteiger partial charge in [-0.2, -0.15) is 0 Å². The second-order valence-electron chi connectivity index (χ2n) is 36.5. The molecule has 8 N–H and O–H groups in total. The average molecular weight is 2150 g/mol. The maximum Gasteiger partial charge on any atom is 0.410 e.